The average Bonchev–Trinajstić information content (AvgIpc) is 2.63. The molecule has 0 saturated carbocycles. The van der Waals surface area contributed by atoms with Gasteiger partial charge in [0, 0.05) is 18.6 Å². The molecule has 2 atom stereocenters. The van der Waals surface area contributed by atoms with E-state index in [1.807, 2.05) is 31.2 Å². The highest BCUT2D eigenvalue weighted by molar-refractivity contribution is 5.41. The molecule has 0 aliphatic carbocycles. The van der Waals surface area contributed by atoms with E-state index in [4.69, 9.17) is 10.00 Å². The molecule has 0 radical (unpaired) electrons. The molecule has 2 heterocycles. The van der Waals surface area contributed by atoms with E-state index in [1.165, 1.54) is 5.56 Å². The van der Waals surface area contributed by atoms with Gasteiger partial charge in [-0.2, -0.15) is 5.26 Å². The van der Waals surface area contributed by atoms with Gasteiger partial charge in [-0.05, 0) is 42.5 Å². The summed E-state index contributed by atoms with van der Waals surface area (Å²) in [6.07, 6.45) is 1.31. The Hall–Kier alpha value is -2.19. The van der Waals surface area contributed by atoms with Crippen molar-refractivity contribution in [2.45, 2.75) is 44.0 Å². The Labute approximate surface area is 154 Å². The lowest BCUT2D eigenvalue weighted by Gasteiger charge is -2.52. The molecule has 2 unspecified atom stereocenters. The quantitative estimate of drug-likeness (QED) is 0.926. The van der Waals surface area contributed by atoms with Crippen LogP contribution in [0.25, 0.3) is 0 Å². The summed E-state index contributed by atoms with van der Waals surface area (Å²) in [5.41, 5.74) is 2.95. The molecule has 2 aromatic rings. The van der Waals surface area contributed by atoms with Crippen molar-refractivity contribution < 1.29 is 9.84 Å². The van der Waals surface area contributed by atoms with Gasteiger partial charge >= 0.3 is 0 Å². The molecule has 2 aromatic carbocycles. The van der Waals surface area contributed by atoms with Gasteiger partial charge in [0.15, 0.2) is 0 Å². The highest BCUT2D eigenvalue weighted by Crippen LogP contribution is 2.42. The number of benzene rings is 2. The third kappa shape index (κ3) is 3.14. The molecule has 2 saturated heterocycles. The molecular weight excluding hydrogens is 324 g/mol. The summed E-state index contributed by atoms with van der Waals surface area (Å²) in [7, 11) is 0. The molecule has 4 nitrogen and oxygen atoms in total. The number of nitrogens with zero attached hydrogens (tertiary/aromatic N) is 2. The molecule has 0 spiro atoms. The summed E-state index contributed by atoms with van der Waals surface area (Å²) >= 11 is 0. The lowest BCUT2D eigenvalue weighted by Crippen LogP contribution is -2.60. The summed E-state index contributed by atoms with van der Waals surface area (Å²) in [6, 6.07) is 18.8. The lowest BCUT2D eigenvalue weighted by atomic mass is 9.76. The number of rotatable bonds is 3. The van der Waals surface area contributed by atoms with E-state index in [-0.39, 0.29) is 12.1 Å². The van der Waals surface area contributed by atoms with Crippen molar-refractivity contribution in [3.63, 3.8) is 0 Å². The van der Waals surface area contributed by atoms with Crippen molar-refractivity contribution in [2.75, 3.05) is 13.2 Å². The van der Waals surface area contributed by atoms with Gasteiger partial charge in [0.2, 0.25) is 0 Å². The van der Waals surface area contributed by atoms with E-state index in [1.54, 1.807) is 0 Å². The van der Waals surface area contributed by atoms with Crippen molar-refractivity contribution >= 4 is 0 Å². The number of ether oxygens (including phenoxy) is 1. The maximum absolute atomic E-state index is 11.5. The van der Waals surface area contributed by atoms with Crippen molar-refractivity contribution in [3.8, 4) is 6.07 Å². The normalized spacial score (nSPS) is 28.5. The Kier molecular flexibility index (Phi) is 4.54. The third-order valence-corrected chi connectivity index (χ3v) is 5.80. The second kappa shape index (κ2) is 6.85. The molecule has 4 rings (SSSR count). The van der Waals surface area contributed by atoms with Gasteiger partial charge in [-0.25, -0.2) is 0 Å². The molecule has 134 valence electrons. The Morgan fingerprint density at radius 3 is 2.46 bits per heavy atom. The van der Waals surface area contributed by atoms with Gasteiger partial charge in [0.05, 0.1) is 30.4 Å². The van der Waals surface area contributed by atoms with Gasteiger partial charge < -0.3 is 9.84 Å². The first-order chi connectivity index (χ1) is 12.6. The Bertz CT molecular complexity index is 814. The Morgan fingerprint density at radius 2 is 1.85 bits per heavy atom. The van der Waals surface area contributed by atoms with Crippen LogP contribution in [-0.4, -0.2) is 35.3 Å². The van der Waals surface area contributed by atoms with Crippen molar-refractivity contribution in [3.05, 3.63) is 70.8 Å². The number of fused-ring (bicyclic) bond motifs is 2. The maximum atomic E-state index is 11.5. The van der Waals surface area contributed by atoms with Crippen molar-refractivity contribution in [1.29, 1.82) is 5.26 Å². The fourth-order valence-electron chi connectivity index (χ4n) is 4.41. The number of piperidine rings is 1. The molecular formula is C22H24N2O2. The number of aliphatic hydroxyl groups is 1. The van der Waals surface area contributed by atoms with Gasteiger partial charge in [-0.15, -0.1) is 0 Å². The highest BCUT2D eigenvalue weighted by Gasteiger charge is 2.46. The van der Waals surface area contributed by atoms with Gasteiger partial charge in [0.1, 0.15) is 0 Å². The standard InChI is InChI=1S/C22H24N2O2/c1-16-9-19(8-7-18(16)12-23)22(25)10-20-14-26-15-21(11-22)24(20)13-17-5-3-2-4-6-17/h2-9,20-21,25H,10-11,13-15H2,1H3. The molecule has 26 heavy (non-hydrogen) atoms. The average molecular weight is 348 g/mol. The third-order valence-electron chi connectivity index (χ3n) is 5.80. The summed E-state index contributed by atoms with van der Waals surface area (Å²) in [5, 5.41) is 20.6. The SMILES string of the molecule is Cc1cc(C2(O)CC3COCC(C2)N3Cc2ccccc2)ccc1C#N. The Morgan fingerprint density at radius 1 is 1.15 bits per heavy atom. The predicted molar refractivity (Wildman–Crippen MR) is 99.4 cm³/mol. The molecule has 2 bridgehead atoms. The topological polar surface area (TPSA) is 56.5 Å². The number of hydrogen-bond donors (Lipinski definition) is 1. The predicted octanol–water partition coefficient (Wildman–Crippen LogP) is 3.12. The molecule has 2 aliphatic heterocycles. The largest absolute Gasteiger partial charge is 0.385 e. The van der Waals surface area contributed by atoms with Crippen LogP contribution >= 0.6 is 0 Å². The second-order valence-corrected chi connectivity index (χ2v) is 7.58. The fraction of sp³-hybridized carbons (Fsp3) is 0.409. The molecule has 2 aliphatic rings. The smallest absolute Gasteiger partial charge is 0.0994 e. The fourth-order valence-corrected chi connectivity index (χ4v) is 4.41. The van der Waals surface area contributed by atoms with Crippen LogP contribution in [0.4, 0.5) is 0 Å². The van der Waals surface area contributed by atoms with Crippen molar-refractivity contribution in [1.82, 2.24) is 4.90 Å². The maximum Gasteiger partial charge on any atom is 0.0994 e. The van der Waals surface area contributed by atoms with Gasteiger partial charge in [0.25, 0.3) is 0 Å². The van der Waals surface area contributed by atoms with Gasteiger partial charge in [-0.1, -0.05) is 42.5 Å². The van der Waals surface area contributed by atoms with Crippen LogP contribution in [-0.2, 0) is 16.9 Å². The first kappa shape index (κ1) is 17.2. The van der Waals surface area contributed by atoms with E-state index in [9.17, 15) is 5.11 Å². The van der Waals surface area contributed by atoms with Crippen LogP contribution in [0.5, 0.6) is 0 Å². The first-order valence-corrected chi connectivity index (χ1v) is 9.20. The van der Waals surface area contributed by atoms with Crippen molar-refractivity contribution in [2.24, 2.45) is 0 Å². The summed E-state index contributed by atoms with van der Waals surface area (Å²) < 4.78 is 5.80. The monoisotopic (exact) mass is 348 g/mol. The van der Waals surface area contributed by atoms with Gasteiger partial charge in [-0.3, -0.25) is 4.90 Å². The van der Waals surface area contributed by atoms with Crippen LogP contribution in [0.2, 0.25) is 0 Å². The number of aryl methyl sites for hydroxylation is 1. The zero-order valence-electron chi connectivity index (χ0n) is 15.1. The van der Waals surface area contributed by atoms with Crippen LogP contribution in [0.3, 0.4) is 0 Å². The zero-order chi connectivity index (χ0) is 18.1. The van der Waals surface area contributed by atoms with E-state index < -0.39 is 5.60 Å². The zero-order valence-corrected chi connectivity index (χ0v) is 15.1. The molecule has 0 amide bonds. The second-order valence-electron chi connectivity index (χ2n) is 7.58. The molecule has 4 heteroatoms. The van der Waals surface area contributed by atoms with E-state index in [0.29, 0.717) is 31.6 Å². The van der Waals surface area contributed by atoms with E-state index in [0.717, 1.165) is 17.7 Å². The molecule has 2 fully saturated rings. The highest BCUT2D eigenvalue weighted by atomic mass is 16.5. The minimum atomic E-state index is -0.856. The summed E-state index contributed by atoms with van der Waals surface area (Å²) in [4.78, 5) is 2.49. The molecule has 0 aromatic heterocycles. The minimum absolute atomic E-state index is 0.198. The minimum Gasteiger partial charge on any atom is -0.385 e. The van der Waals surface area contributed by atoms with Crippen LogP contribution in [0, 0.1) is 18.3 Å². The first-order valence-electron chi connectivity index (χ1n) is 9.20. The van der Waals surface area contributed by atoms with Crippen LogP contribution < -0.4 is 0 Å². The van der Waals surface area contributed by atoms with Crippen LogP contribution in [0.15, 0.2) is 48.5 Å². The van der Waals surface area contributed by atoms with E-state index >= 15 is 0 Å². The Balaban J connectivity index is 1.59. The summed E-state index contributed by atoms with van der Waals surface area (Å²) in [5.74, 6) is 0. The van der Waals surface area contributed by atoms with Crippen LogP contribution in [0.1, 0.15) is 35.1 Å². The lowest BCUT2D eigenvalue weighted by molar-refractivity contribution is -0.149. The number of morpholine rings is 1. The summed E-state index contributed by atoms with van der Waals surface area (Å²) in [6.45, 7) is 4.13. The number of hydrogen-bond acceptors (Lipinski definition) is 4. The number of nitriles is 1. The van der Waals surface area contributed by atoms with E-state index in [2.05, 4.69) is 35.2 Å². The molecule has 1 N–H and O–H groups in total.